The number of amides is 1. The van der Waals surface area contributed by atoms with Crippen LogP contribution in [-0.2, 0) is 9.53 Å². The van der Waals surface area contributed by atoms with Gasteiger partial charge in [-0.05, 0) is 43.3 Å². The minimum atomic E-state index is -0.916. The van der Waals surface area contributed by atoms with Crippen LogP contribution in [0.3, 0.4) is 0 Å². The predicted molar refractivity (Wildman–Crippen MR) is 101 cm³/mol. The molecule has 0 radical (unpaired) electrons. The number of hydrogen-bond acceptors (Lipinski definition) is 4. The Morgan fingerprint density at radius 2 is 1.73 bits per heavy atom. The number of anilines is 1. The van der Waals surface area contributed by atoms with Crippen LogP contribution in [0.15, 0.2) is 82.7 Å². The Kier molecular flexibility index (Phi) is 5.76. The van der Waals surface area contributed by atoms with Crippen molar-refractivity contribution >= 4 is 29.3 Å². The highest BCUT2D eigenvalue weighted by atomic mass is 32.2. The second kappa shape index (κ2) is 8.40. The SMILES string of the molecule is C[C@@H](OC(=O)c1ccc[nH]1)C(=O)Nc1ccccc1Sc1ccccc1. The van der Waals surface area contributed by atoms with Crippen LogP contribution in [-0.4, -0.2) is 23.0 Å². The molecule has 0 fully saturated rings. The van der Waals surface area contributed by atoms with Crippen LogP contribution in [0.1, 0.15) is 17.4 Å². The van der Waals surface area contributed by atoms with E-state index in [0.717, 1.165) is 9.79 Å². The molecule has 3 rings (SSSR count). The molecule has 2 N–H and O–H groups in total. The molecule has 2 aromatic carbocycles. The third-order valence-corrected chi connectivity index (χ3v) is 4.67. The van der Waals surface area contributed by atoms with Crippen molar-refractivity contribution in [2.75, 3.05) is 5.32 Å². The summed E-state index contributed by atoms with van der Waals surface area (Å²) in [6.07, 6.45) is 0.707. The van der Waals surface area contributed by atoms with E-state index in [1.54, 1.807) is 37.0 Å². The zero-order valence-electron chi connectivity index (χ0n) is 14.1. The van der Waals surface area contributed by atoms with Gasteiger partial charge in [0.05, 0.1) is 5.69 Å². The van der Waals surface area contributed by atoms with Crippen molar-refractivity contribution in [3.63, 3.8) is 0 Å². The van der Waals surface area contributed by atoms with E-state index in [4.69, 9.17) is 4.74 Å². The topological polar surface area (TPSA) is 71.2 Å². The standard InChI is InChI=1S/C20H18N2O3S/c1-14(25-20(24)17-11-7-13-21-17)19(23)22-16-10-5-6-12-18(16)26-15-8-3-2-4-9-15/h2-14,21H,1H3,(H,22,23)/t14-/m1/s1. The molecule has 0 aliphatic heterocycles. The summed E-state index contributed by atoms with van der Waals surface area (Å²) in [4.78, 5) is 29.1. The van der Waals surface area contributed by atoms with Gasteiger partial charge in [0.25, 0.3) is 5.91 Å². The number of nitrogens with one attached hydrogen (secondary N) is 2. The molecule has 0 spiro atoms. The number of rotatable bonds is 6. The van der Waals surface area contributed by atoms with Gasteiger partial charge < -0.3 is 15.0 Å². The summed E-state index contributed by atoms with van der Waals surface area (Å²) in [5, 5.41) is 2.83. The maximum absolute atomic E-state index is 12.4. The predicted octanol–water partition coefficient (Wildman–Crippen LogP) is 4.35. The molecule has 26 heavy (non-hydrogen) atoms. The number of aromatic nitrogens is 1. The number of carbonyl (C=O) groups is 2. The van der Waals surface area contributed by atoms with Crippen LogP contribution in [0.4, 0.5) is 5.69 Å². The highest BCUT2D eigenvalue weighted by molar-refractivity contribution is 7.99. The van der Waals surface area contributed by atoms with Gasteiger partial charge in [-0.15, -0.1) is 0 Å². The van der Waals surface area contributed by atoms with Gasteiger partial charge in [-0.2, -0.15) is 0 Å². The molecule has 0 saturated heterocycles. The quantitative estimate of drug-likeness (QED) is 0.636. The number of H-pyrrole nitrogens is 1. The fourth-order valence-corrected chi connectivity index (χ4v) is 3.17. The van der Waals surface area contributed by atoms with Crippen molar-refractivity contribution in [1.82, 2.24) is 4.98 Å². The summed E-state index contributed by atoms with van der Waals surface area (Å²) < 4.78 is 5.20. The largest absolute Gasteiger partial charge is 0.448 e. The van der Waals surface area contributed by atoms with Crippen molar-refractivity contribution < 1.29 is 14.3 Å². The molecule has 1 atom stereocenters. The lowest BCUT2D eigenvalue weighted by atomic mass is 10.3. The van der Waals surface area contributed by atoms with E-state index >= 15 is 0 Å². The Balaban J connectivity index is 1.66. The molecule has 5 nitrogen and oxygen atoms in total. The Morgan fingerprint density at radius 1 is 1.00 bits per heavy atom. The second-order valence-electron chi connectivity index (χ2n) is 5.53. The van der Waals surface area contributed by atoms with Gasteiger partial charge in [0.1, 0.15) is 5.69 Å². The molecule has 1 heterocycles. The number of carbonyl (C=O) groups excluding carboxylic acids is 2. The minimum absolute atomic E-state index is 0.310. The zero-order valence-corrected chi connectivity index (χ0v) is 15.0. The first-order valence-corrected chi connectivity index (χ1v) is 8.92. The number of benzene rings is 2. The van der Waals surface area contributed by atoms with Gasteiger partial charge in [-0.1, -0.05) is 42.1 Å². The monoisotopic (exact) mass is 366 g/mol. The Bertz CT molecular complexity index is 879. The molecular formula is C20H18N2O3S. The molecule has 0 bridgehead atoms. The Morgan fingerprint density at radius 3 is 2.46 bits per heavy atom. The van der Waals surface area contributed by atoms with Gasteiger partial charge >= 0.3 is 5.97 Å². The number of aromatic amines is 1. The summed E-state index contributed by atoms with van der Waals surface area (Å²) in [7, 11) is 0. The van der Waals surface area contributed by atoms with E-state index in [1.807, 2.05) is 54.6 Å². The van der Waals surface area contributed by atoms with E-state index in [9.17, 15) is 9.59 Å². The van der Waals surface area contributed by atoms with Crippen molar-refractivity contribution in [3.8, 4) is 0 Å². The smallest absolute Gasteiger partial charge is 0.355 e. The van der Waals surface area contributed by atoms with Crippen LogP contribution in [0.2, 0.25) is 0 Å². The van der Waals surface area contributed by atoms with Gasteiger partial charge in [-0.3, -0.25) is 4.79 Å². The normalized spacial score (nSPS) is 11.6. The maximum Gasteiger partial charge on any atom is 0.355 e. The van der Waals surface area contributed by atoms with Crippen molar-refractivity contribution in [2.45, 2.75) is 22.8 Å². The van der Waals surface area contributed by atoms with Gasteiger partial charge in [0, 0.05) is 16.0 Å². The lowest BCUT2D eigenvalue weighted by Crippen LogP contribution is -2.30. The zero-order chi connectivity index (χ0) is 18.4. The average Bonchev–Trinajstić information content (AvgIpc) is 3.19. The van der Waals surface area contributed by atoms with Crippen molar-refractivity contribution in [1.29, 1.82) is 0 Å². The van der Waals surface area contributed by atoms with E-state index in [2.05, 4.69) is 10.3 Å². The third-order valence-electron chi connectivity index (χ3n) is 3.59. The van der Waals surface area contributed by atoms with Crippen molar-refractivity contribution in [3.05, 3.63) is 78.6 Å². The molecule has 0 saturated carbocycles. The highest BCUT2D eigenvalue weighted by Gasteiger charge is 2.20. The van der Waals surface area contributed by atoms with E-state index in [-0.39, 0.29) is 5.91 Å². The minimum Gasteiger partial charge on any atom is -0.448 e. The molecule has 132 valence electrons. The molecule has 0 aliphatic carbocycles. The van der Waals surface area contributed by atoms with Crippen LogP contribution in [0.25, 0.3) is 0 Å². The summed E-state index contributed by atoms with van der Waals surface area (Å²) in [6.45, 7) is 1.54. The fraction of sp³-hybridized carbons (Fsp3) is 0.100. The van der Waals surface area contributed by atoms with Gasteiger partial charge in [0.2, 0.25) is 0 Å². The summed E-state index contributed by atoms with van der Waals surface area (Å²) in [6, 6.07) is 20.7. The number of para-hydroxylation sites is 1. The second-order valence-corrected chi connectivity index (χ2v) is 6.65. The lowest BCUT2D eigenvalue weighted by Gasteiger charge is -2.15. The van der Waals surface area contributed by atoms with Crippen molar-refractivity contribution in [2.24, 2.45) is 0 Å². The first kappa shape index (κ1) is 17.8. The summed E-state index contributed by atoms with van der Waals surface area (Å²) >= 11 is 1.55. The number of hydrogen-bond donors (Lipinski definition) is 2. The van der Waals surface area contributed by atoms with Gasteiger partial charge in [-0.25, -0.2) is 4.79 Å². The first-order valence-electron chi connectivity index (χ1n) is 8.10. The number of esters is 1. The Labute approximate surface area is 155 Å². The molecule has 1 amide bonds. The number of ether oxygens (including phenoxy) is 1. The fourth-order valence-electron chi connectivity index (χ4n) is 2.24. The molecule has 0 unspecified atom stereocenters. The summed E-state index contributed by atoms with van der Waals surface area (Å²) in [5.41, 5.74) is 0.985. The Hall–Kier alpha value is -2.99. The van der Waals surface area contributed by atoms with Crippen LogP contribution in [0.5, 0.6) is 0 Å². The van der Waals surface area contributed by atoms with E-state index < -0.39 is 12.1 Å². The first-order chi connectivity index (χ1) is 12.6. The molecule has 1 aromatic heterocycles. The average molecular weight is 366 g/mol. The molecule has 6 heteroatoms. The van der Waals surface area contributed by atoms with Gasteiger partial charge in [0.15, 0.2) is 6.10 Å². The van der Waals surface area contributed by atoms with Crippen LogP contribution >= 0.6 is 11.8 Å². The third kappa shape index (κ3) is 4.55. The maximum atomic E-state index is 12.4. The van der Waals surface area contributed by atoms with E-state index in [1.165, 1.54) is 0 Å². The lowest BCUT2D eigenvalue weighted by molar-refractivity contribution is -0.123. The molecular weight excluding hydrogens is 348 g/mol. The van der Waals surface area contributed by atoms with Crippen LogP contribution < -0.4 is 5.32 Å². The van der Waals surface area contributed by atoms with E-state index in [0.29, 0.717) is 11.4 Å². The van der Waals surface area contributed by atoms with Crippen LogP contribution in [0, 0.1) is 0 Å². The molecule has 0 aliphatic rings. The highest BCUT2D eigenvalue weighted by Crippen LogP contribution is 2.33. The summed E-state index contributed by atoms with van der Waals surface area (Å²) in [5.74, 6) is -0.949. The molecule has 3 aromatic rings.